The normalized spacial score (nSPS) is 23.5. The topological polar surface area (TPSA) is 71.8 Å². The fourth-order valence-corrected chi connectivity index (χ4v) is 3.49. The molecular formula is C14H14F3N5OS. The van der Waals surface area contributed by atoms with Crippen LogP contribution in [0.5, 0.6) is 0 Å². The Bertz CT molecular complexity index is 753. The second kappa shape index (κ2) is 5.47. The number of alkyl halides is 3. The van der Waals surface area contributed by atoms with Gasteiger partial charge in [0.1, 0.15) is 5.82 Å². The fourth-order valence-electron chi connectivity index (χ4n) is 2.97. The van der Waals surface area contributed by atoms with Crippen LogP contribution in [-0.2, 0) is 0 Å². The van der Waals surface area contributed by atoms with Crippen LogP contribution in [0.25, 0.3) is 0 Å². The van der Waals surface area contributed by atoms with E-state index in [2.05, 4.69) is 20.7 Å². The molecule has 1 aliphatic heterocycles. The quantitative estimate of drug-likeness (QED) is 0.884. The number of halogens is 3. The van der Waals surface area contributed by atoms with Crippen LogP contribution in [0, 0.1) is 5.92 Å². The van der Waals surface area contributed by atoms with E-state index in [1.54, 1.807) is 5.38 Å². The molecule has 2 aromatic heterocycles. The Kier molecular flexibility index (Phi) is 3.52. The molecule has 10 heteroatoms. The summed E-state index contributed by atoms with van der Waals surface area (Å²) in [5, 5.41) is 11.6. The highest BCUT2D eigenvalue weighted by molar-refractivity contribution is 7.13. The van der Waals surface area contributed by atoms with Crippen molar-refractivity contribution in [1.29, 1.82) is 0 Å². The average Bonchev–Trinajstić information content (AvgIpc) is 3.07. The van der Waals surface area contributed by atoms with Gasteiger partial charge in [-0.2, -0.15) is 18.3 Å². The van der Waals surface area contributed by atoms with Gasteiger partial charge in [0, 0.05) is 23.7 Å². The summed E-state index contributed by atoms with van der Waals surface area (Å²) in [5.41, 5.74) is -0.0570. The summed E-state index contributed by atoms with van der Waals surface area (Å²) in [6.45, 7) is 0. The van der Waals surface area contributed by atoms with Crippen LogP contribution in [0.15, 0.2) is 17.6 Å². The summed E-state index contributed by atoms with van der Waals surface area (Å²) in [4.78, 5) is 16.1. The number of aromatic nitrogens is 3. The van der Waals surface area contributed by atoms with Crippen LogP contribution < -0.4 is 10.6 Å². The van der Waals surface area contributed by atoms with Crippen LogP contribution in [0.1, 0.15) is 35.8 Å². The largest absolute Gasteiger partial charge is 0.410 e. The molecule has 3 heterocycles. The second-order valence-corrected chi connectivity index (χ2v) is 6.93. The van der Waals surface area contributed by atoms with E-state index in [-0.39, 0.29) is 29.9 Å². The summed E-state index contributed by atoms with van der Waals surface area (Å²) in [7, 11) is 0. The Balaban J connectivity index is 1.62. The summed E-state index contributed by atoms with van der Waals surface area (Å²) in [5.74, 6) is -0.0617. The summed E-state index contributed by atoms with van der Waals surface area (Å²) >= 11 is 1.22. The number of nitrogens with zero attached hydrogens (tertiary/aromatic N) is 3. The van der Waals surface area contributed by atoms with Gasteiger partial charge in [0.2, 0.25) is 0 Å². The molecule has 0 bridgehead atoms. The molecule has 0 saturated heterocycles. The van der Waals surface area contributed by atoms with Crippen LogP contribution in [0.3, 0.4) is 0 Å². The molecule has 1 fully saturated rings. The molecule has 1 saturated carbocycles. The third kappa shape index (κ3) is 2.85. The molecule has 4 rings (SSSR count). The van der Waals surface area contributed by atoms with Gasteiger partial charge in [-0.05, 0) is 25.2 Å². The molecule has 2 atom stereocenters. The highest BCUT2D eigenvalue weighted by Gasteiger charge is 2.49. The van der Waals surface area contributed by atoms with Crippen molar-refractivity contribution in [2.45, 2.75) is 37.5 Å². The molecule has 24 heavy (non-hydrogen) atoms. The van der Waals surface area contributed by atoms with E-state index in [4.69, 9.17) is 0 Å². The molecule has 0 spiro atoms. The molecule has 2 N–H and O–H groups in total. The van der Waals surface area contributed by atoms with Crippen molar-refractivity contribution in [2.24, 2.45) is 5.92 Å². The van der Waals surface area contributed by atoms with Crippen molar-refractivity contribution in [2.75, 3.05) is 10.6 Å². The number of carbonyl (C=O) groups excluding carboxylic acids is 1. The third-order valence-corrected chi connectivity index (χ3v) is 4.98. The Morgan fingerprint density at radius 3 is 2.83 bits per heavy atom. The first-order valence-corrected chi connectivity index (χ1v) is 8.43. The van der Waals surface area contributed by atoms with Crippen molar-refractivity contribution in [3.63, 3.8) is 0 Å². The molecule has 2 unspecified atom stereocenters. The van der Waals surface area contributed by atoms with Crippen LogP contribution in [0.4, 0.5) is 24.1 Å². The van der Waals surface area contributed by atoms with Crippen LogP contribution in [-0.4, -0.2) is 32.9 Å². The smallest absolute Gasteiger partial charge is 0.367 e. The SMILES string of the molecule is O=C(Nc1nccs1)c1cc2n(n1)C(C(F)(F)F)CC(C1CC1)N2. The zero-order valence-corrected chi connectivity index (χ0v) is 13.2. The van der Waals surface area contributed by atoms with E-state index in [1.165, 1.54) is 23.6 Å². The standard InChI is InChI=1S/C14H14F3N5OS/c15-14(16,17)10-5-8(7-1-2-7)19-11-6-9(21-22(10)11)12(23)20-13-18-3-4-24-13/h3-4,6-8,10,19H,1-2,5H2,(H,18,20,23). The first-order valence-electron chi connectivity index (χ1n) is 7.55. The third-order valence-electron chi connectivity index (χ3n) is 4.30. The number of amides is 1. The van der Waals surface area contributed by atoms with Gasteiger partial charge in [-0.25, -0.2) is 9.67 Å². The van der Waals surface area contributed by atoms with Gasteiger partial charge in [0.15, 0.2) is 16.9 Å². The van der Waals surface area contributed by atoms with Gasteiger partial charge in [-0.1, -0.05) is 0 Å². The average molecular weight is 357 g/mol. The molecule has 1 amide bonds. The monoisotopic (exact) mass is 357 g/mol. The maximum Gasteiger partial charge on any atom is 0.410 e. The second-order valence-electron chi connectivity index (χ2n) is 6.03. The fraction of sp³-hybridized carbons (Fsp3) is 0.500. The number of anilines is 2. The lowest BCUT2D eigenvalue weighted by atomic mass is 10.0. The Morgan fingerprint density at radius 2 is 2.21 bits per heavy atom. The molecule has 0 aromatic carbocycles. The zero-order valence-electron chi connectivity index (χ0n) is 12.4. The van der Waals surface area contributed by atoms with E-state index in [0.717, 1.165) is 17.5 Å². The van der Waals surface area contributed by atoms with Crippen molar-refractivity contribution >= 4 is 28.2 Å². The predicted molar refractivity (Wildman–Crippen MR) is 82.1 cm³/mol. The maximum atomic E-state index is 13.4. The van der Waals surface area contributed by atoms with E-state index in [0.29, 0.717) is 5.13 Å². The van der Waals surface area contributed by atoms with Crippen molar-refractivity contribution < 1.29 is 18.0 Å². The number of fused-ring (bicyclic) bond motifs is 1. The molecule has 0 radical (unpaired) electrons. The lowest BCUT2D eigenvalue weighted by molar-refractivity contribution is -0.174. The zero-order chi connectivity index (χ0) is 16.9. The van der Waals surface area contributed by atoms with Crippen molar-refractivity contribution in [3.8, 4) is 0 Å². The minimum absolute atomic E-state index is 0.0570. The summed E-state index contributed by atoms with van der Waals surface area (Å²) in [6, 6.07) is -0.563. The van der Waals surface area contributed by atoms with Gasteiger partial charge >= 0.3 is 6.18 Å². The number of hydrogen-bond donors (Lipinski definition) is 2. The first-order chi connectivity index (χ1) is 11.4. The maximum absolute atomic E-state index is 13.4. The molecule has 1 aliphatic carbocycles. The lowest BCUT2D eigenvalue weighted by Crippen LogP contribution is -2.40. The van der Waals surface area contributed by atoms with E-state index in [9.17, 15) is 18.0 Å². The number of carbonyl (C=O) groups is 1. The lowest BCUT2D eigenvalue weighted by Gasteiger charge is -2.33. The molecule has 6 nitrogen and oxygen atoms in total. The number of nitrogens with one attached hydrogen (secondary N) is 2. The summed E-state index contributed by atoms with van der Waals surface area (Å²) in [6.07, 6.45) is -1.06. The number of hydrogen-bond acceptors (Lipinski definition) is 5. The highest BCUT2D eigenvalue weighted by Crippen LogP contribution is 2.45. The molecule has 2 aromatic rings. The number of thiazole rings is 1. The van der Waals surface area contributed by atoms with Crippen molar-refractivity contribution in [3.05, 3.63) is 23.3 Å². The molecule has 2 aliphatic rings. The molecular weight excluding hydrogens is 343 g/mol. The van der Waals surface area contributed by atoms with Crippen LogP contribution in [0.2, 0.25) is 0 Å². The van der Waals surface area contributed by atoms with E-state index >= 15 is 0 Å². The van der Waals surface area contributed by atoms with Gasteiger partial charge < -0.3 is 5.32 Å². The Morgan fingerprint density at radius 1 is 1.42 bits per heavy atom. The van der Waals surface area contributed by atoms with Gasteiger partial charge in [-0.15, -0.1) is 11.3 Å². The first kappa shape index (κ1) is 15.4. The van der Waals surface area contributed by atoms with Crippen molar-refractivity contribution in [1.82, 2.24) is 14.8 Å². The van der Waals surface area contributed by atoms with Crippen LogP contribution >= 0.6 is 11.3 Å². The Hall–Kier alpha value is -2.10. The van der Waals surface area contributed by atoms with Gasteiger partial charge in [0.05, 0.1) is 0 Å². The minimum atomic E-state index is -4.40. The Labute approximate surface area is 139 Å². The van der Waals surface area contributed by atoms with Gasteiger partial charge in [0.25, 0.3) is 5.91 Å². The highest BCUT2D eigenvalue weighted by atomic mass is 32.1. The minimum Gasteiger partial charge on any atom is -0.367 e. The van der Waals surface area contributed by atoms with E-state index < -0.39 is 18.1 Å². The van der Waals surface area contributed by atoms with Gasteiger partial charge in [-0.3, -0.25) is 10.1 Å². The predicted octanol–water partition coefficient (Wildman–Crippen LogP) is 3.29. The summed E-state index contributed by atoms with van der Waals surface area (Å²) < 4.78 is 41.1. The number of rotatable bonds is 3. The van der Waals surface area contributed by atoms with E-state index in [1.807, 2.05) is 0 Å². The molecule has 128 valence electrons.